The Morgan fingerprint density at radius 2 is 2.05 bits per heavy atom. The summed E-state index contributed by atoms with van der Waals surface area (Å²) in [6.45, 7) is 8.21. The molecule has 0 aromatic carbocycles. The summed E-state index contributed by atoms with van der Waals surface area (Å²) in [6, 6.07) is -0.0963. The SMILES string of the molecule is CC(C)CC(CNC(=O)NC1CCN(C)CC1C)C(=O)O. The molecule has 0 saturated carbocycles. The highest BCUT2D eigenvalue weighted by atomic mass is 16.4. The molecule has 0 aromatic heterocycles. The fourth-order valence-corrected chi connectivity index (χ4v) is 2.84. The van der Waals surface area contributed by atoms with Gasteiger partial charge in [-0.15, -0.1) is 0 Å². The van der Waals surface area contributed by atoms with Gasteiger partial charge in [-0.3, -0.25) is 4.79 Å². The van der Waals surface area contributed by atoms with Gasteiger partial charge in [-0.1, -0.05) is 20.8 Å². The van der Waals surface area contributed by atoms with E-state index in [1.165, 1.54) is 0 Å². The highest BCUT2D eigenvalue weighted by molar-refractivity contribution is 5.76. The van der Waals surface area contributed by atoms with Gasteiger partial charge in [-0.25, -0.2) is 4.79 Å². The number of carboxylic acids is 1. The number of hydrogen-bond donors (Lipinski definition) is 3. The molecule has 1 heterocycles. The maximum atomic E-state index is 11.9. The topological polar surface area (TPSA) is 81.7 Å². The first-order valence-electron chi connectivity index (χ1n) is 7.75. The summed E-state index contributed by atoms with van der Waals surface area (Å²) in [6.07, 6.45) is 1.50. The van der Waals surface area contributed by atoms with Crippen LogP contribution in [0.25, 0.3) is 0 Å². The van der Waals surface area contributed by atoms with Gasteiger partial charge in [-0.05, 0) is 38.3 Å². The van der Waals surface area contributed by atoms with Crippen LogP contribution in [0.5, 0.6) is 0 Å². The first-order valence-corrected chi connectivity index (χ1v) is 7.75. The van der Waals surface area contributed by atoms with Gasteiger partial charge in [-0.2, -0.15) is 0 Å². The normalized spacial score (nSPS) is 24.6. The zero-order valence-corrected chi connectivity index (χ0v) is 13.6. The number of carboxylic acid groups (broad SMARTS) is 1. The molecular formula is C15H29N3O3. The van der Waals surface area contributed by atoms with Gasteiger partial charge in [0.1, 0.15) is 0 Å². The van der Waals surface area contributed by atoms with E-state index >= 15 is 0 Å². The lowest BCUT2D eigenvalue weighted by atomic mass is 9.94. The molecule has 21 heavy (non-hydrogen) atoms. The average Bonchev–Trinajstić information content (AvgIpc) is 2.37. The Kier molecular flexibility index (Phi) is 6.95. The van der Waals surface area contributed by atoms with Crippen molar-refractivity contribution in [2.75, 3.05) is 26.7 Å². The number of rotatable bonds is 6. The van der Waals surface area contributed by atoms with Crippen LogP contribution in [0, 0.1) is 17.8 Å². The number of urea groups is 1. The van der Waals surface area contributed by atoms with Gasteiger partial charge in [0.25, 0.3) is 0 Å². The fourth-order valence-electron chi connectivity index (χ4n) is 2.84. The van der Waals surface area contributed by atoms with E-state index in [2.05, 4.69) is 29.5 Å². The van der Waals surface area contributed by atoms with Crippen LogP contribution in [-0.4, -0.2) is 54.7 Å². The van der Waals surface area contributed by atoms with Crippen molar-refractivity contribution in [2.45, 2.75) is 39.7 Å². The minimum absolute atomic E-state index is 0.162. The van der Waals surface area contributed by atoms with Crippen molar-refractivity contribution in [3.05, 3.63) is 0 Å². The van der Waals surface area contributed by atoms with Crippen LogP contribution in [-0.2, 0) is 4.79 Å². The Labute approximate surface area is 127 Å². The summed E-state index contributed by atoms with van der Waals surface area (Å²) in [4.78, 5) is 25.3. The number of carbonyl (C=O) groups is 2. The molecule has 0 spiro atoms. The van der Waals surface area contributed by atoms with E-state index in [-0.39, 0.29) is 18.6 Å². The second-order valence-electron chi connectivity index (χ2n) is 6.65. The molecule has 122 valence electrons. The van der Waals surface area contributed by atoms with Crippen LogP contribution >= 0.6 is 0 Å². The summed E-state index contributed by atoms with van der Waals surface area (Å²) in [5.41, 5.74) is 0. The summed E-state index contributed by atoms with van der Waals surface area (Å²) in [7, 11) is 2.08. The number of nitrogens with zero attached hydrogens (tertiary/aromatic N) is 1. The minimum Gasteiger partial charge on any atom is -0.481 e. The third kappa shape index (κ3) is 6.33. The Balaban J connectivity index is 2.37. The van der Waals surface area contributed by atoms with Gasteiger partial charge >= 0.3 is 12.0 Å². The van der Waals surface area contributed by atoms with Gasteiger partial charge in [0, 0.05) is 19.1 Å². The van der Waals surface area contributed by atoms with E-state index < -0.39 is 11.9 Å². The second-order valence-corrected chi connectivity index (χ2v) is 6.65. The van der Waals surface area contributed by atoms with Crippen LogP contribution in [0.2, 0.25) is 0 Å². The molecule has 0 bridgehead atoms. The summed E-state index contributed by atoms with van der Waals surface area (Å²) in [5, 5.41) is 14.8. The molecule has 0 aliphatic carbocycles. The van der Waals surface area contributed by atoms with Crippen molar-refractivity contribution >= 4 is 12.0 Å². The van der Waals surface area contributed by atoms with E-state index in [0.717, 1.165) is 19.5 Å². The predicted octanol–water partition coefficient (Wildman–Crippen LogP) is 1.37. The molecule has 3 unspecified atom stereocenters. The molecule has 1 aliphatic rings. The van der Waals surface area contributed by atoms with Crippen molar-refractivity contribution in [3.8, 4) is 0 Å². The monoisotopic (exact) mass is 299 g/mol. The maximum absolute atomic E-state index is 11.9. The van der Waals surface area contributed by atoms with E-state index in [1.54, 1.807) is 0 Å². The summed E-state index contributed by atoms with van der Waals surface area (Å²) in [5.74, 6) is -0.673. The van der Waals surface area contributed by atoms with Crippen molar-refractivity contribution in [1.29, 1.82) is 0 Å². The quantitative estimate of drug-likeness (QED) is 0.692. The molecule has 2 amide bonds. The van der Waals surface area contributed by atoms with Crippen LogP contribution in [0.15, 0.2) is 0 Å². The van der Waals surface area contributed by atoms with Crippen molar-refractivity contribution < 1.29 is 14.7 Å². The number of hydrogen-bond acceptors (Lipinski definition) is 3. The standard InChI is InChI=1S/C15H29N3O3/c1-10(2)7-12(14(19)20)8-16-15(21)17-13-5-6-18(4)9-11(13)3/h10-13H,5-9H2,1-4H3,(H,19,20)(H2,16,17,21). The second kappa shape index (κ2) is 8.22. The molecule has 6 nitrogen and oxygen atoms in total. The van der Waals surface area contributed by atoms with Crippen molar-refractivity contribution in [2.24, 2.45) is 17.8 Å². The molecule has 1 fully saturated rings. The Morgan fingerprint density at radius 3 is 2.57 bits per heavy atom. The number of likely N-dealkylation sites (tertiary alicyclic amines) is 1. The van der Waals surface area contributed by atoms with E-state index in [0.29, 0.717) is 18.3 Å². The van der Waals surface area contributed by atoms with Crippen LogP contribution in [0.3, 0.4) is 0 Å². The lowest BCUT2D eigenvalue weighted by molar-refractivity contribution is -0.142. The highest BCUT2D eigenvalue weighted by Crippen LogP contribution is 2.15. The third-order valence-corrected chi connectivity index (χ3v) is 4.04. The highest BCUT2D eigenvalue weighted by Gasteiger charge is 2.26. The molecular weight excluding hydrogens is 270 g/mol. The molecule has 0 radical (unpaired) electrons. The van der Waals surface area contributed by atoms with Gasteiger partial charge < -0.3 is 20.6 Å². The zero-order valence-electron chi connectivity index (χ0n) is 13.6. The third-order valence-electron chi connectivity index (χ3n) is 4.04. The molecule has 1 aliphatic heterocycles. The molecule has 3 atom stereocenters. The Morgan fingerprint density at radius 1 is 1.38 bits per heavy atom. The fraction of sp³-hybridized carbons (Fsp3) is 0.867. The first-order chi connectivity index (χ1) is 9.79. The van der Waals surface area contributed by atoms with Crippen LogP contribution in [0.4, 0.5) is 4.79 Å². The Bertz CT molecular complexity index is 360. The van der Waals surface area contributed by atoms with Gasteiger partial charge in [0.15, 0.2) is 0 Å². The van der Waals surface area contributed by atoms with Gasteiger partial charge in [0.05, 0.1) is 5.92 Å². The molecule has 6 heteroatoms. The molecule has 1 saturated heterocycles. The Hall–Kier alpha value is -1.30. The lowest BCUT2D eigenvalue weighted by Crippen LogP contribution is -2.52. The number of aliphatic carboxylic acids is 1. The van der Waals surface area contributed by atoms with Crippen molar-refractivity contribution in [1.82, 2.24) is 15.5 Å². The lowest BCUT2D eigenvalue weighted by Gasteiger charge is -2.35. The first kappa shape index (κ1) is 17.8. The smallest absolute Gasteiger partial charge is 0.315 e. The maximum Gasteiger partial charge on any atom is 0.315 e. The van der Waals surface area contributed by atoms with Crippen LogP contribution in [0.1, 0.15) is 33.6 Å². The molecule has 3 N–H and O–H groups in total. The number of piperidine rings is 1. The average molecular weight is 299 g/mol. The number of amides is 2. The molecule has 0 aromatic rings. The van der Waals surface area contributed by atoms with Crippen molar-refractivity contribution in [3.63, 3.8) is 0 Å². The number of carbonyl (C=O) groups excluding carboxylic acids is 1. The molecule has 1 rings (SSSR count). The summed E-state index contributed by atoms with van der Waals surface area (Å²) >= 11 is 0. The van der Waals surface area contributed by atoms with E-state index in [9.17, 15) is 9.59 Å². The number of nitrogens with one attached hydrogen (secondary N) is 2. The predicted molar refractivity (Wildman–Crippen MR) is 82.2 cm³/mol. The summed E-state index contributed by atoms with van der Waals surface area (Å²) < 4.78 is 0. The van der Waals surface area contributed by atoms with E-state index in [4.69, 9.17) is 5.11 Å². The minimum atomic E-state index is -0.850. The zero-order chi connectivity index (χ0) is 16.0. The van der Waals surface area contributed by atoms with Crippen LogP contribution < -0.4 is 10.6 Å². The van der Waals surface area contributed by atoms with E-state index in [1.807, 2.05) is 13.8 Å². The van der Waals surface area contributed by atoms with Gasteiger partial charge in [0.2, 0.25) is 0 Å². The largest absolute Gasteiger partial charge is 0.481 e.